The molecule has 1 N–H and O–H groups in total. The standard InChI is InChI=1S/C15H20ClN3/c1-19-14-5-3-2-4-13(14)18-15(19)17-10-11-6-8-12(16)9-7-11/h2-5,11-12H,6-10H2,1H3,(H,17,18). The average Bonchev–Trinajstić information content (AvgIpc) is 2.76. The summed E-state index contributed by atoms with van der Waals surface area (Å²) in [5.41, 5.74) is 2.23. The first kappa shape index (κ1) is 12.8. The molecule has 0 aliphatic heterocycles. The molecule has 2 aromatic rings. The van der Waals surface area contributed by atoms with Crippen LogP contribution in [0.25, 0.3) is 11.0 Å². The number of aryl methyl sites for hydroxylation is 1. The molecule has 0 radical (unpaired) electrons. The lowest BCUT2D eigenvalue weighted by Gasteiger charge is -2.25. The van der Waals surface area contributed by atoms with Crippen molar-refractivity contribution < 1.29 is 0 Å². The molecule has 0 atom stereocenters. The fourth-order valence-electron chi connectivity index (χ4n) is 2.87. The second-order valence-electron chi connectivity index (χ2n) is 5.48. The molecule has 102 valence electrons. The van der Waals surface area contributed by atoms with E-state index in [1.807, 2.05) is 6.07 Å². The van der Waals surface area contributed by atoms with Crippen LogP contribution in [-0.2, 0) is 7.05 Å². The quantitative estimate of drug-likeness (QED) is 0.865. The molecule has 1 aliphatic carbocycles. The number of hydrogen-bond acceptors (Lipinski definition) is 2. The largest absolute Gasteiger partial charge is 0.355 e. The number of fused-ring (bicyclic) bond motifs is 1. The van der Waals surface area contributed by atoms with Gasteiger partial charge in [-0.05, 0) is 43.7 Å². The molecule has 1 aromatic carbocycles. The highest BCUT2D eigenvalue weighted by Crippen LogP contribution is 2.28. The van der Waals surface area contributed by atoms with Gasteiger partial charge in [-0.15, -0.1) is 11.6 Å². The fraction of sp³-hybridized carbons (Fsp3) is 0.533. The highest BCUT2D eigenvalue weighted by atomic mass is 35.5. The number of imidazole rings is 1. The van der Waals surface area contributed by atoms with Crippen LogP contribution in [0.4, 0.5) is 5.95 Å². The van der Waals surface area contributed by atoms with Gasteiger partial charge in [0.05, 0.1) is 11.0 Å². The minimum Gasteiger partial charge on any atom is -0.355 e. The summed E-state index contributed by atoms with van der Waals surface area (Å²) in [6.07, 6.45) is 4.75. The lowest BCUT2D eigenvalue weighted by molar-refractivity contribution is 0.377. The van der Waals surface area contributed by atoms with E-state index in [0.717, 1.165) is 36.8 Å². The van der Waals surface area contributed by atoms with Gasteiger partial charge in [0.25, 0.3) is 0 Å². The summed E-state index contributed by atoms with van der Waals surface area (Å²) in [5, 5.41) is 3.89. The van der Waals surface area contributed by atoms with Crippen molar-refractivity contribution in [3.8, 4) is 0 Å². The Morgan fingerprint density at radius 2 is 2.00 bits per heavy atom. The first-order valence-electron chi connectivity index (χ1n) is 7.03. The number of hydrogen-bond donors (Lipinski definition) is 1. The van der Waals surface area contributed by atoms with Gasteiger partial charge in [0, 0.05) is 19.0 Å². The molecule has 0 amide bonds. The van der Waals surface area contributed by atoms with Crippen LogP contribution in [0.15, 0.2) is 24.3 Å². The Kier molecular flexibility index (Phi) is 3.65. The van der Waals surface area contributed by atoms with Gasteiger partial charge >= 0.3 is 0 Å². The summed E-state index contributed by atoms with van der Waals surface area (Å²) < 4.78 is 2.13. The van der Waals surface area contributed by atoms with Crippen LogP contribution < -0.4 is 5.32 Å². The smallest absolute Gasteiger partial charge is 0.203 e. The molecule has 0 unspecified atom stereocenters. The summed E-state index contributed by atoms with van der Waals surface area (Å²) in [4.78, 5) is 4.64. The Balaban J connectivity index is 1.67. The van der Waals surface area contributed by atoms with Gasteiger partial charge in [0.15, 0.2) is 0 Å². The molecule has 1 heterocycles. The third kappa shape index (κ3) is 2.71. The molecule has 4 heteroatoms. The van der Waals surface area contributed by atoms with E-state index >= 15 is 0 Å². The van der Waals surface area contributed by atoms with Gasteiger partial charge in [-0.3, -0.25) is 0 Å². The molecule has 1 saturated carbocycles. The zero-order valence-corrected chi connectivity index (χ0v) is 12.0. The van der Waals surface area contributed by atoms with Gasteiger partial charge in [0.1, 0.15) is 0 Å². The molecule has 0 bridgehead atoms. The second kappa shape index (κ2) is 5.41. The maximum atomic E-state index is 6.14. The number of anilines is 1. The van der Waals surface area contributed by atoms with E-state index < -0.39 is 0 Å². The first-order chi connectivity index (χ1) is 9.24. The second-order valence-corrected chi connectivity index (χ2v) is 6.10. The van der Waals surface area contributed by atoms with Crippen molar-refractivity contribution in [1.82, 2.24) is 9.55 Å². The Morgan fingerprint density at radius 1 is 1.26 bits per heavy atom. The van der Waals surface area contributed by atoms with Crippen LogP contribution in [0.2, 0.25) is 0 Å². The summed E-state index contributed by atoms with van der Waals surface area (Å²) >= 11 is 6.14. The van der Waals surface area contributed by atoms with Crippen molar-refractivity contribution >= 4 is 28.6 Å². The molecule has 1 aromatic heterocycles. The number of nitrogens with zero attached hydrogens (tertiary/aromatic N) is 2. The van der Waals surface area contributed by atoms with Crippen molar-refractivity contribution in [2.24, 2.45) is 13.0 Å². The van der Waals surface area contributed by atoms with E-state index in [9.17, 15) is 0 Å². The summed E-state index contributed by atoms with van der Waals surface area (Å²) in [6.45, 7) is 1.00. The number of aromatic nitrogens is 2. The molecule has 19 heavy (non-hydrogen) atoms. The number of para-hydroxylation sites is 2. The number of rotatable bonds is 3. The van der Waals surface area contributed by atoms with Crippen LogP contribution >= 0.6 is 11.6 Å². The highest BCUT2D eigenvalue weighted by Gasteiger charge is 2.19. The summed E-state index contributed by atoms with van der Waals surface area (Å²) in [5.74, 6) is 1.70. The molecular formula is C15H20ClN3. The van der Waals surface area contributed by atoms with Gasteiger partial charge in [0.2, 0.25) is 5.95 Å². The van der Waals surface area contributed by atoms with Crippen molar-refractivity contribution in [2.75, 3.05) is 11.9 Å². The Hall–Kier alpha value is -1.22. The fourth-order valence-corrected chi connectivity index (χ4v) is 3.12. The zero-order chi connectivity index (χ0) is 13.2. The monoisotopic (exact) mass is 277 g/mol. The van der Waals surface area contributed by atoms with Crippen molar-refractivity contribution in [1.29, 1.82) is 0 Å². The minimum atomic E-state index is 0.395. The Morgan fingerprint density at radius 3 is 2.74 bits per heavy atom. The zero-order valence-electron chi connectivity index (χ0n) is 11.3. The van der Waals surface area contributed by atoms with Crippen LogP contribution in [0.3, 0.4) is 0 Å². The first-order valence-corrected chi connectivity index (χ1v) is 7.47. The van der Waals surface area contributed by atoms with E-state index in [2.05, 4.69) is 40.1 Å². The number of benzene rings is 1. The lowest BCUT2D eigenvalue weighted by atomic mass is 9.89. The molecule has 1 fully saturated rings. The SMILES string of the molecule is Cn1c(NCC2CCC(Cl)CC2)nc2ccccc21. The third-order valence-electron chi connectivity index (χ3n) is 4.11. The Bertz CT molecular complexity index is 556. The van der Waals surface area contributed by atoms with E-state index in [-0.39, 0.29) is 0 Å². The summed E-state index contributed by atoms with van der Waals surface area (Å²) in [6, 6.07) is 8.24. The predicted octanol–water partition coefficient (Wildman–Crippen LogP) is 3.78. The van der Waals surface area contributed by atoms with Gasteiger partial charge in [-0.2, -0.15) is 0 Å². The molecule has 3 rings (SSSR count). The molecule has 1 aliphatic rings. The summed E-state index contributed by atoms with van der Waals surface area (Å²) in [7, 11) is 2.06. The van der Waals surface area contributed by atoms with E-state index in [4.69, 9.17) is 11.6 Å². The van der Waals surface area contributed by atoms with Crippen LogP contribution in [0.1, 0.15) is 25.7 Å². The molecular weight excluding hydrogens is 258 g/mol. The van der Waals surface area contributed by atoms with E-state index in [0.29, 0.717) is 5.38 Å². The van der Waals surface area contributed by atoms with E-state index in [1.165, 1.54) is 18.4 Å². The maximum Gasteiger partial charge on any atom is 0.203 e. The van der Waals surface area contributed by atoms with Gasteiger partial charge in [-0.25, -0.2) is 4.98 Å². The van der Waals surface area contributed by atoms with Crippen molar-refractivity contribution in [2.45, 2.75) is 31.1 Å². The topological polar surface area (TPSA) is 29.9 Å². The van der Waals surface area contributed by atoms with Crippen LogP contribution in [0.5, 0.6) is 0 Å². The highest BCUT2D eigenvalue weighted by molar-refractivity contribution is 6.20. The molecule has 0 spiro atoms. The molecule has 0 saturated heterocycles. The van der Waals surface area contributed by atoms with Crippen molar-refractivity contribution in [3.05, 3.63) is 24.3 Å². The van der Waals surface area contributed by atoms with Gasteiger partial charge < -0.3 is 9.88 Å². The molecule has 3 nitrogen and oxygen atoms in total. The average molecular weight is 278 g/mol. The minimum absolute atomic E-state index is 0.395. The van der Waals surface area contributed by atoms with E-state index in [1.54, 1.807) is 0 Å². The lowest BCUT2D eigenvalue weighted by Crippen LogP contribution is -2.22. The van der Waals surface area contributed by atoms with Crippen molar-refractivity contribution in [3.63, 3.8) is 0 Å². The maximum absolute atomic E-state index is 6.14. The van der Waals surface area contributed by atoms with Gasteiger partial charge in [-0.1, -0.05) is 12.1 Å². The predicted molar refractivity (Wildman–Crippen MR) is 80.8 cm³/mol. The number of nitrogens with one attached hydrogen (secondary N) is 1. The number of halogens is 1. The third-order valence-corrected chi connectivity index (χ3v) is 4.55. The van der Waals surface area contributed by atoms with Crippen LogP contribution in [-0.4, -0.2) is 21.5 Å². The Labute approximate surface area is 119 Å². The normalized spacial score (nSPS) is 23.7. The van der Waals surface area contributed by atoms with Crippen LogP contribution in [0, 0.1) is 5.92 Å². The number of alkyl halides is 1.